The van der Waals surface area contributed by atoms with Gasteiger partial charge in [0, 0.05) is 5.56 Å². The van der Waals surface area contributed by atoms with Gasteiger partial charge in [0.15, 0.2) is 0 Å². The highest BCUT2D eigenvalue weighted by Gasteiger charge is 2.05. The zero-order valence-electron chi connectivity index (χ0n) is 13.1. The van der Waals surface area contributed by atoms with Crippen molar-refractivity contribution in [1.82, 2.24) is 0 Å². The highest BCUT2D eigenvalue weighted by atomic mass is 16.6. The van der Waals surface area contributed by atoms with Gasteiger partial charge in [-0.25, -0.2) is 0 Å². The first-order valence-corrected chi connectivity index (χ1v) is 7.69. The number of rotatable bonds is 5. The zero-order chi connectivity index (χ0) is 15.9. The standard InChI is InChI=1S/C21H19NO/c1-17-9-8-14-20(19-12-6-3-7-13-19)21(17)15-22-23-16-18-10-4-2-5-11-18/h2-15H,16H2,1H3/b22-15+. The molecule has 0 atom stereocenters. The average molecular weight is 301 g/mol. The molecule has 0 aliphatic carbocycles. The fraction of sp³-hybridized carbons (Fsp3) is 0.0952. The monoisotopic (exact) mass is 301 g/mol. The molecule has 0 N–H and O–H groups in total. The molecule has 0 aliphatic rings. The second-order valence-electron chi connectivity index (χ2n) is 5.40. The van der Waals surface area contributed by atoms with E-state index in [9.17, 15) is 0 Å². The lowest BCUT2D eigenvalue weighted by molar-refractivity contribution is 0.132. The summed E-state index contributed by atoms with van der Waals surface area (Å²) in [5, 5.41) is 4.16. The Balaban J connectivity index is 1.78. The molecule has 0 radical (unpaired) electrons. The molecule has 2 heteroatoms. The first kappa shape index (κ1) is 15.0. The van der Waals surface area contributed by atoms with Crippen LogP contribution >= 0.6 is 0 Å². The van der Waals surface area contributed by atoms with Gasteiger partial charge in [0.25, 0.3) is 0 Å². The largest absolute Gasteiger partial charge is 0.391 e. The van der Waals surface area contributed by atoms with Gasteiger partial charge < -0.3 is 4.84 Å². The molecule has 0 aromatic heterocycles. The van der Waals surface area contributed by atoms with Crippen molar-refractivity contribution < 1.29 is 4.84 Å². The van der Waals surface area contributed by atoms with Crippen molar-refractivity contribution in [2.75, 3.05) is 0 Å². The summed E-state index contributed by atoms with van der Waals surface area (Å²) in [6.45, 7) is 2.56. The summed E-state index contributed by atoms with van der Waals surface area (Å²) < 4.78 is 0. The van der Waals surface area contributed by atoms with E-state index < -0.39 is 0 Å². The lowest BCUT2D eigenvalue weighted by Gasteiger charge is -2.09. The van der Waals surface area contributed by atoms with E-state index in [-0.39, 0.29) is 0 Å². The average Bonchev–Trinajstić information content (AvgIpc) is 2.61. The lowest BCUT2D eigenvalue weighted by atomic mass is 9.97. The minimum atomic E-state index is 0.476. The number of nitrogens with zero attached hydrogens (tertiary/aromatic N) is 1. The quantitative estimate of drug-likeness (QED) is 0.468. The van der Waals surface area contributed by atoms with Crippen molar-refractivity contribution in [2.45, 2.75) is 13.5 Å². The summed E-state index contributed by atoms with van der Waals surface area (Å²) >= 11 is 0. The summed E-state index contributed by atoms with van der Waals surface area (Å²) in [5.74, 6) is 0. The van der Waals surface area contributed by atoms with E-state index in [0.29, 0.717) is 6.61 Å². The number of benzene rings is 3. The van der Waals surface area contributed by atoms with E-state index in [1.54, 1.807) is 6.21 Å². The molecule has 3 aromatic carbocycles. The molecule has 0 fully saturated rings. The van der Waals surface area contributed by atoms with Crippen molar-refractivity contribution in [3.05, 3.63) is 95.6 Å². The minimum Gasteiger partial charge on any atom is -0.391 e. The van der Waals surface area contributed by atoms with E-state index in [2.05, 4.69) is 42.4 Å². The molecule has 3 aromatic rings. The van der Waals surface area contributed by atoms with Gasteiger partial charge in [0.1, 0.15) is 6.61 Å². The molecule has 0 amide bonds. The maximum absolute atomic E-state index is 5.44. The van der Waals surface area contributed by atoms with Gasteiger partial charge >= 0.3 is 0 Å². The van der Waals surface area contributed by atoms with E-state index in [4.69, 9.17) is 4.84 Å². The van der Waals surface area contributed by atoms with Crippen molar-refractivity contribution in [3.63, 3.8) is 0 Å². The van der Waals surface area contributed by atoms with E-state index in [0.717, 1.165) is 16.7 Å². The molecule has 0 bridgehead atoms. The van der Waals surface area contributed by atoms with Crippen LogP contribution in [0.4, 0.5) is 0 Å². The number of aryl methyl sites for hydroxylation is 1. The molecule has 114 valence electrons. The third-order valence-electron chi connectivity index (χ3n) is 3.74. The first-order valence-electron chi connectivity index (χ1n) is 7.69. The molecular weight excluding hydrogens is 282 g/mol. The molecule has 2 nitrogen and oxygen atoms in total. The summed E-state index contributed by atoms with van der Waals surface area (Å²) in [6, 6.07) is 26.6. The second-order valence-corrected chi connectivity index (χ2v) is 5.40. The first-order chi connectivity index (χ1) is 11.3. The topological polar surface area (TPSA) is 21.6 Å². The number of hydrogen-bond acceptors (Lipinski definition) is 2. The molecular formula is C21H19NO. The Labute approximate surface area is 137 Å². The molecule has 0 spiro atoms. The molecule has 0 aliphatic heterocycles. The molecule has 3 rings (SSSR count). The van der Waals surface area contributed by atoms with Gasteiger partial charge in [-0.15, -0.1) is 0 Å². The minimum absolute atomic E-state index is 0.476. The normalized spacial score (nSPS) is 10.8. The Kier molecular flexibility index (Phi) is 4.85. The van der Waals surface area contributed by atoms with Crippen LogP contribution in [-0.2, 0) is 11.4 Å². The predicted octanol–water partition coefficient (Wildman–Crippen LogP) is 5.21. The highest BCUT2D eigenvalue weighted by Crippen LogP contribution is 2.24. The molecule has 0 unspecified atom stereocenters. The van der Waals surface area contributed by atoms with Crippen LogP contribution in [0.2, 0.25) is 0 Å². The summed E-state index contributed by atoms with van der Waals surface area (Å²) in [7, 11) is 0. The Bertz CT molecular complexity index is 779. The van der Waals surface area contributed by atoms with Crippen molar-refractivity contribution in [2.24, 2.45) is 5.16 Å². The molecule has 0 saturated heterocycles. The molecule has 0 heterocycles. The van der Waals surface area contributed by atoms with Crippen LogP contribution in [0.3, 0.4) is 0 Å². The van der Waals surface area contributed by atoms with Crippen molar-refractivity contribution in [3.8, 4) is 11.1 Å². The number of oxime groups is 1. The summed E-state index contributed by atoms with van der Waals surface area (Å²) in [4.78, 5) is 5.44. The van der Waals surface area contributed by atoms with Gasteiger partial charge in [-0.05, 0) is 29.2 Å². The van der Waals surface area contributed by atoms with Crippen LogP contribution in [0.25, 0.3) is 11.1 Å². The number of hydrogen-bond donors (Lipinski definition) is 0. The summed E-state index contributed by atoms with van der Waals surface area (Å²) in [5.41, 5.74) is 5.72. The maximum atomic E-state index is 5.44. The third-order valence-corrected chi connectivity index (χ3v) is 3.74. The summed E-state index contributed by atoms with van der Waals surface area (Å²) in [6.07, 6.45) is 1.81. The van der Waals surface area contributed by atoms with Crippen molar-refractivity contribution >= 4 is 6.21 Å². The van der Waals surface area contributed by atoms with E-state index >= 15 is 0 Å². The molecule has 0 saturated carbocycles. The highest BCUT2D eigenvalue weighted by molar-refractivity contribution is 5.91. The van der Waals surface area contributed by atoms with Crippen LogP contribution in [0, 0.1) is 6.92 Å². The maximum Gasteiger partial charge on any atom is 0.142 e. The smallest absolute Gasteiger partial charge is 0.142 e. The lowest BCUT2D eigenvalue weighted by Crippen LogP contribution is -1.94. The Morgan fingerprint density at radius 2 is 1.52 bits per heavy atom. The van der Waals surface area contributed by atoms with Crippen LogP contribution < -0.4 is 0 Å². The van der Waals surface area contributed by atoms with Gasteiger partial charge in [-0.3, -0.25) is 0 Å². The Morgan fingerprint density at radius 1 is 0.826 bits per heavy atom. The van der Waals surface area contributed by atoms with Gasteiger partial charge in [-0.2, -0.15) is 0 Å². The van der Waals surface area contributed by atoms with E-state index in [1.807, 2.05) is 48.5 Å². The predicted molar refractivity (Wildman–Crippen MR) is 95.4 cm³/mol. The second kappa shape index (κ2) is 7.41. The van der Waals surface area contributed by atoms with Crippen molar-refractivity contribution in [1.29, 1.82) is 0 Å². The molecule has 23 heavy (non-hydrogen) atoms. The van der Waals surface area contributed by atoms with Gasteiger partial charge in [0.05, 0.1) is 6.21 Å². The Morgan fingerprint density at radius 3 is 2.26 bits per heavy atom. The van der Waals surface area contributed by atoms with Crippen LogP contribution in [0.5, 0.6) is 0 Å². The van der Waals surface area contributed by atoms with Crippen LogP contribution in [0.1, 0.15) is 16.7 Å². The third kappa shape index (κ3) is 3.86. The van der Waals surface area contributed by atoms with E-state index in [1.165, 1.54) is 11.1 Å². The van der Waals surface area contributed by atoms with Gasteiger partial charge in [-0.1, -0.05) is 84.0 Å². The Hall–Kier alpha value is -2.87. The van der Waals surface area contributed by atoms with Gasteiger partial charge in [0.2, 0.25) is 0 Å². The zero-order valence-corrected chi connectivity index (χ0v) is 13.1. The van der Waals surface area contributed by atoms with Crippen LogP contribution in [0.15, 0.2) is 84.0 Å². The fourth-order valence-electron chi connectivity index (χ4n) is 2.50. The SMILES string of the molecule is Cc1cccc(-c2ccccc2)c1/C=N/OCc1ccccc1. The van der Waals surface area contributed by atoms with Crippen LogP contribution in [-0.4, -0.2) is 6.21 Å². The fourth-order valence-corrected chi connectivity index (χ4v) is 2.50.